The number of halogens is 1. The normalized spacial score (nSPS) is 24.5. The Labute approximate surface area is 124 Å². The van der Waals surface area contributed by atoms with Gasteiger partial charge in [0.2, 0.25) is 5.91 Å². The number of nitrogens with zero attached hydrogens (tertiary/aromatic N) is 1. The number of anilines is 1. The average molecular weight is 295 g/mol. The zero-order chi connectivity index (χ0) is 14.9. The van der Waals surface area contributed by atoms with Crippen LogP contribution in [-0.4, -0.2) is 23.9 Å². The predicted molar refractivity (Wildman–Crippen MR) is 79.8 cm³/mol. The maximum absolute atomic E-state index is 12.6. The molecule has 4 nitrogen and oxygen atoms in total. The van der Waals surface area contributed by atoms with E-state index in [9.17, 15) is 9.59 Å². The first kappa shape index (κ1) is 14.9. The van der Waals surface area contributed by atoms with E-state index < -0.39 is 12.1 Å². The van der Waals surface area contributed by atoms with E-state index in [-0.39, 0.29) is 17.7 Å². The van der Waals surface area contributed by atoms with Gasteiger partial charge in [-0.3, -0.25) is 14.5 Å². The van der Waals surface area contributed by atoms with Gasteiger partial charge in [0.15, 0.2) is 0 Å². The zero-order valence-electron chi connectivity index (χ0n) is 11.9. The Morgan fingerprint density at radius 1 is 1.30 bits per heavy atom. The minimum absolute atomic E-state index is 0.0613. The van der Waals surface area contributed by atoms with Crippen molar-refractivity contribution in [2.45, 2.75) is 39.3 Å². The highest BCUT2D eigenvalue weighted by atomic mass is 35.5. The monoisotopic (exact) mass is 294 g/mol. The van der Waals surface area contributed by atoms with Gasteiger partial charge in [0, 0.05) is 10.7 Å². The molecule has 1 aliphatic heterocycles. The quantitative estimate of drug-likeness (QED) is 0.931. The first-order valence-corrected chi connectivity index (χ1v) is 7.22. The second kappa shape index (κ2) is 5.83. The molecule has 0 bridgehead atoms. The summed E-state index contributed by atoms with van der Waals surface area (Å²) in [5.74, 6) is -0.0765. The van der Waals surface area contributed by atoms with E-state index in [4.69, 9.17) is 11.6 Å². The van der Waals surface area contributed by atoms with Crippen molar-refractivity contribution in [3.63, 3.8) is 0 Å². The summed E-state index contributed by atoms with van der Waals surface area (Å²) < 4.78 is 0. The van der Waals surface area contributed by atoms with Crippen molar-refractivity contribution in [2.24, 2.45) is 5.92 Å². The maximum atomic E-state index is 12.6. The highest BCUT2D eigenvalue weighted by molar-refractivity contribution is 6.30. The van der Waals surface area contributed by atoms with Gasteiger partial charge in [-0.2, -0.15) is 0 Å². The van der Waals surface area contributed by atoms with Gasteiger partial charge in [0.05, 0.1) is 0 Å². The number of rotatable bonds is 3. The summed E-state index contributed by atoms with van der Waals surface area (Å²) in [5.41, 5.74) is 0.704. The smallest absolute Gasteiger partial charge is 0.250 e. The fourth-order valence-corrected chi connectivity index (χ4v) is 2.49. The lowest BCUT2D eigenvalue weighted by molar-refractivity contribution is -0.134. The van der Waals surface area contributed by atoms with Gasteiger partial charge in [-0.25, -0.2) is 0 Å². The molecule has 1 heterocycles. The number of amides is 2. The van der Waals surface area contributed by atoms with Crippen molar-refractivity contribution in [3.05, 3.63) is 29.3 Å². The van der Waals surface area contributed by atoms with Gasteiger partial charge < -0.3 is 5.32 Å². The lowest BCUT2D eigenvalue weighted by atomic mass is 9.94. The predicted octanol–water partition coefficient (Wildman–Crippen LogP) is 2.61. The third-order valence-corrected chi connectivity index (χ3v) is 4.14. The first-order chi connectivity index (χ1) is 9.45. The Hall–Kier alpha value is -1.55. The largest absolute Gasteiger partial charge is 0.342 e. The third-order valence-electron chi connectivity index (χ3n) is 3.89. The molecule has 0 spiro atoms. The van der Waals surface area contributed by atoms with Crippen LogP contribution in [0.15, 0.2) is 24.3 Å². The van der Waals surface area contributed by atoms with Crippen LogP contribution in [0, 0.1) is 5.92 Å². The summed E-state index contributed by atoms with van der Waals surface area (Å²) in [5, 5.41) is 3.43. The van der Waals surface area contributed by atoms with Gasteiger partial charge >= 0.3 is 0 Å². The molecule has 2 rings (SSSR count). The maximum Gasteiger partial charge on any atom is 0.250 e. The minimum atomic E-state index is -0.510. The lowest BCUT2D eigenvalue weighted by Crippen LogP contribution is -2.64. The molecule has 0 radical (unpaired) electrons. The summed E-state index contributed by atoms with van der Waals surface area (Å²) in [4.78, 5) is 26.3. The fourth-order valence-electron chi connectivity index (χ4n) is 2.37. The number of carbonyl (C=O) groups is 2. The third kappa shape index (κ3) is 2.66. The highest BCUT2D eigenvalue weighted by Gasteiger charge is 2.40. The molecule has 0 saturated carbocycles. The topological polar surface area (TPSA) is 49.4 Å². The van der Waals surface area contributed by atoms with Gasteiger partial charge in [0.25, 0.3) is 5.91 Å². The summed E-state index contributed by atoms with van der Waals surface area (Å²) in [6, 6.07) is 6.01. The molecular weight excluding hydrogens is 276 g/mol. The van der Waals surface area contributed by atoms with Crippen molar-refractivity contribution >= 4 is 29.1 Å². The molecule has 1 aromatic rings. The number of hydrogen-bond acceptors (Lipinski definition) is 2. The van der Waals surface area contributed by atoms with Crippen LogP contribution in [0.2, 0.25) is 5.02 Å². The van der Waals surface area contributed by atoms with Crippen molar-refractivity contribution in [1.29, 1.82) is 0 Å². The number of hydrogen-bond donors (Lipinski definition) is 1. The SMILES string of the molecule is CCC(C)C1NC(=O)C(C)N(c2ccc(Cl)cc2)C1=O. The van der Waals surface area contributed by atoms with Gasteiger partial charge in [-0.15, -0.1) is 0 Å². The van der Waals surface area contributed by atoms with Crippen molar-refractivity contribution in [1.82, 2.24) is 5.32 Å². The van der Waals surface area contributed by atoms with E-state index in [0.717, 1.165) is 6.42 Å². The molecule has 3 atom stereocenters. The van der Waals surface area contributed by atoms with Crippen LogP contribution in [0.3, 0.4) is 0 Å². The Bertz CT molecular complexity index is 515. The molecule has 1 aromatic carbocycles. The number of nitrogens with one attached hydrogen (secondary N) is 1. The molecule has 2 amide bonds. The number of piperazine rings is 1. The Kier molecular flexibility index (Phi) is 4.33. The molecule has 0 aromatic heterocycles. The van der Waals surface area contributed by atoms with Crippen LogP contribution in [0.25, 0.3) is 0 Å². The van der Waals surface area contributed by atoms with Crippen LogP contribution >= 0.6 is 11.6 Å². The minimum Gasteiger partial charge on any atom is -0.342 e. The van der Waals surface area contributed by atoms with E-state index in [1.54, 1.807) is 36.1 Å². The van der Waals surface area contributed by atoms with Crippen LogP contribution in [-0.2, 0) is 9.59 Å². The van der Waals surface area contributed by atoms with E-state index in [0.29, 0.717) is 10.7 Å². The Morgan fingerprint density at radius 2 is 1.90 bits per heavy atom. The standard InChI is InChI=1S/C15H19ClN2O2/c1-4-9(2)13-15(20)18(10(3)14(19)17-13)12-7-5-11(16)6-8-12/h5-10,13H,4H2,1-3H3,(H,17,19). The van der Waals surface area contributed by atoms with E-state index >= 15 is 0 Å². The first-order valence-electron chi connectivity index (χ1n) is 6.84. The Morgan fingerprint density at radius 3 is 2.45 bits per heavy atom. The van der Waals surface area contributed by atoms with Crippen molar-refractivity contribution in [2.75, 3.05) is 4.90 Å². The van der Waals surface area contributed by atoms with Crippen LogP contribution < -0.4 is 10.2 Å². The summed E-state index contributed by atoms with van der Waals surface area (Å²) in [7, 11) is 0. The second-order valence-corrected chi connectivity index (χ2v) is 5.67. The van der Waals surface area contributed by atoms with E-state index in [1.807, 2.05) is 13.8 Å². The molecule has 20 heavy (non-hydrogen) atoms. The molecule has 108 valence electrons. The highest BCUT2D eigenvalue weighted by Crippen LogP contribution is 2.25. The van der Waals surface area contributed by atoms with Crippen molar-refractivity contribution in [3.8, 4) is 0 Å². The summed E-state index contributed by atoms with van der Waals surface area (Å²) in [6.45, 7) is 5.71. The van der Waals surface area contributed by atoms with Crippen molar-refractivity contribution < 1.29 is 9.59 Å². The lowest BCUT2D eigenvalue weighted by Gasteiger charge is -2.39. The molecular formula is C15H19ClN2O2. The molecule has 1 N–H and O–H groups in total. The average Bonchev–Trinajstić information content (AvgIpc) is 2.44. The number of benzene rings is 1. The molecule has 3 unspecified atom stereocenters. The Balaban J connectivity index is 2.35. The van der Waals surface area contributed by atoms with Crippen LogP contribution in [0.5, 0.6) is 0 Å². The molecule has 1 saturated heterocycles. The summed E-state index contributed by atoms with van der Waals surface area (Å²) >= 11 is 5.87. The van der Waals surface area contributed by atoms with Gasteiger partial charge in [0.1, 0.15) is 12.1 Å². The summed E-state index contributed by atoms with van der Waals surface area (Å²) in [6.07, 6.45) is 0.833. The molecule has 0 aliphatic carbocycles. The molecule has 1 aliphatic rings. The van der Waals surface area contributed by atoms with Gasteiger partial charge in [-0.05, 0) is 37.1 Å². The van der Waals surface area contributed by atoms with E-state index in [1.165, 1.54) is 0 Å². The van der Waals surface area contributed by atoms with Gasteiger partial charge in [-0.1, -0.05) is 31.9 Å². The second-order valence-electron chi connectivity index (χ2n) is 5.23. The van der Waals surface area contributed by atoms with E-state index in [2.05, 4.69) is 5.32 Å². The molecule has 5 heteroatoms. The molecule has 1 fully saturated rings. The number of carbonyl (C=O) groups excluding carboxylic acids is 2. The zero-order valence-corrected chi connectivity index (χ0v) is 12.6. The fraction of sp³-hybridized carbons (Fsp3) is 0.467. The van der Waals surface area contributed by atoms with Crippen LogP contribution in [0.1, 0.15) is 27.2 Å². The van der Waals surface area contributed by atoms with Crippen LogP contribution in [0.4, 0.5) is 5.69 Å².